The van der Waals surface area contributed by atoms with Crippen LogP contribution in [0.5, 0.6) is 11.5 Å². The van der Waals surface area contributed by atoms with Crippen molar-refractivity contribution < 1.29 is 9.47 Å². The van der Waals surface area contributed by atoms with Crippen LogP contribution in [0.25, 0.3) is 16.9 Å². The van der Waals surface area contributed by atoms with Crippen LogP contribution in [0.3, 0.4) is 0 Å². The standard InChI is InChI=1S/C15H13N3O2/c1-9-4-5-18-13(6-9)17-14(15(18)16)10-2-3-11-12(7-10)20-8-19-11/h2-7H,8,16H2,1H3. The van der Waals surface area contributed by atoms with Gasteiger partial charge in [-0.25, -0.2) is 4.98 Å². The van der Waals surface area contributed by atoms with Gasteiger partial charge in [0.15, 0.2) is 11.5 Å². The lowest BCUT2D eigenvalue weighted by atomic mass is 10.1. The van der Waals surface area contributed by atoms with E-state index in [9.17, 15) is 0 Å². The molecular formula is C15H13N3O2. The average Bonchev–Trinajstić information content (AvgIpc) is 3.02. The van der Waals surface area contributed by atoms with Crippen molar-refractivity contribution in [3.63, 3.8) is 0 Å². The molecule has 0 spiro atoms. The van der Waals surface area contributed by atoms with Crippen molar-refractivity contribution in [3.05, 3.63) is 42.1 Å². The summed E-state index contributed by atoms with van der Waals surface area (Å²) in [6.45, 7) is 2.30. The fourth-order valence-electron chi connectivity index (χ4n) is 2.42. The zero-order valence-electron chi connectivity index (χ0n) is 11.0. The van der Waals surface area contributed by atoms with Crippen molar-refractivity contribution in [2.75, 3.05) is 12.5 Å². The highest BCUT2D eigenvalue weighted by molar-refractivity contribution is 5.76. The average molecular weight is 267 g/mol. The Morgan fingerprint density at radius 1 is 1.15 bits per heavy atom. The number of pyridine rings is 1. The summed E-state index contributed by atoms with van der Waals surface area (Å²) in [4.78, 5) is 4.61. The molecule has 0 unspecified atom stereocenters. The third-order valence-corrected chi connectivity index (χ3v) is 3.46. The Labute approximate surface area is 115 Å². The number of imidazole rings is 1. The maximum absolute atomic E-state index is 6.19. The minimum Gasteiger partial charge on any atom is -0.454 e. The first-order chi connectivity index (χ1) is 9.72. The molecule has 5 heteroatoms. The minimum absolute atomic E-state index is 0.263. The van der Waals surface area contributed by atoms with E-state index in [0.717, 1.165) is 34.0 Å². The topological polar surface area (TPSA) is 61.8 Å². The molecule has 0 amide bonds. The van der Waals surface area contributed by atoms with Crippen LogP contribution in [0.4, 0.5) is 5.82 Å². The van der Waals surface area contributed by atoms with Crippen molar-refractivity contribution in [2.45, 2.75) is 6.92 Å². The quantitative estimate of drug-likeness (QED) is 0.736. The Balaban J connectivity index is 1.91. The Kier molecular flexibility index (Phi) is 2.18. The summed E-state index contributed by atoms with van der Waals surface area (Å²) in [7, 11) is 0. The van der Waals surface area contributed by atoms with Crippen molar-refractivity contribution >= 4 is 11.5 Å². The number of hydrogen-bond donors (Lipinski definition) is 1. The van der Waals surface area contributed by atoms with Crippen LogP contribution in [0, 0.1) is 6.92 Å². The zero-order chi connectivity index (χ0) is 13.7. The van der Waals surface area contributed by atoms with Gasteiger partial charge in [-0.15, -0.1) is 0 Å². The van der Waals surface area contributed by atoms with E-state index in [0.29, 0.717) is 5.82 Å². The predicted molar refractivity (Wildman–Crippen MR) is 75.9 cm³/mol. The number of aromatic nitrogens is 2. The van der Waals surface area contributed by atoms with Gasteiger partial charge in [0, 0.05) is 11.8 Å². The molecule has 2 aromatic heterocycles. The Bertz CT molecular complexity index is 823. The highest BCUT2D eigenvalue weighted by atomic mass is 16.7. The van der Waals surface area contributed by atoms with Crippen LogP contribution in [0.1, 0.15) is 5.56 Å². The van der Waals surface area contributed by atoms with Gasteiger partial charge in [0.05, 0.1) is 0 Å². The van der Waals surface area contributed by atoms with Gasteiger partial charge in [-0.2, -0.15) is 0 Å². The van der Waals surface area contributed by atoms with Crippen LogP contribution < -0.4 is 15.2 Å². The van der Waals surface area contributed by atoms with Gasteiger partial charge in [0.25, 0.3) is 0 Å². The molecule has 0 radical (unpaired) electrons. The van der Waals surface area contributed by atoms with Crippen LogP contribution in [0.15, 0.2) is 36.5 Å². The summed E-state index contributed by atoms with van der Waals surface area (Å²) in [5, 5.41) is 0. The van der Waals surface area contributed by atoms with Crippen molar-refractivity contribution in [1.82, 2.24) is 9.38 Å². The molecule has 1 aliphatic rings. The number of rotatable bonds is 1. The van der Waals surface area contributed by atoms with Crippen LogP contribution in [-0.4, -0.2) is 16.2 Å². The first-order valence-corrected chi connectivity index (χ1v) is 6.36. The Hall–Kier alpha value is -2.69. The van der Waals surface area contributed by atoms with E-state index >= 15 is 0 Å². The number of nitrogen functional groups attached to an aromatic ring is 1. The number of hydrogen-bond acceptors (Lipinski definition) is 4. The highest BCUT2D eigenvalue weighted by Crippen LogP contribution is 2.37. The van der Waals surface area contributed by atoms with E-state index in [1.165, 1.54) is 0 Å². The van der Waals surface area contributed by atoms with Gasteiger partial charge in [-0.05, 0) is 42.8 Å². The van der Waals surface area contributed by atoms with Gasteiger partial charge in [-0.1, -0.05) is 0 Å². The number of aryl methyl sites for hydroxylation is 1. The van der Waals surface area contributed by atoms with E-state index in [2.05, 4.69) is 4.98 Å². The lowest BCUT2D eigenvalue weighted by molar-refractivity contribution is 0.174. The van der Waals surface area contributed by atoms with E-state index in [1.54, 1.807) is 0 Å². The fourth-order valence-corrected chi connectivity index (χ4v) is 2.42. The van der Waals surface area contributed by atoms with E-state index in [1.807, 2.05) is 47.9 Å². The van der Waals surface area contributed by atoms with E-state index in [4.69, 9.17) is 15.2 Å². The molecule has 0 fully saturated rings. The molecule has 2 N–H and O–H groups in total. The summed E-state index contributed by atoms with van der Waals surface area (Å²) in [5.74, 6) is 2.11. The summed E-state index contributed by atoms with van der Waals surface area (Å²) < 4.78 is 12.6. The van der Waals surface area contributed by atoms with Crippen LogP contribution >= 0.6 is 0 Å². The lowest BCUT2D eigenvalue weighted by Gasteiger charge is -2.01. The summed E-state index contributed by atoms with van der Waals surface area (Å²) in [5.41, 5.74) is 9.87. The third kappa shape index (κ3) is 1.53. The van der Waals surface area contributed by atoms with Gasteiger partial charge < -0.3 is 15.2 Å². The van der Waals surface area contributed by atoms with Crippen molar-refractivity contribution in [2.24, 2.45) is 0 Å². The number of nitrogens with zero attached hydrogens (tertiary/aromatic N) is 2. The van der Waals surface area contributed by atoms with Gasteiger partial charge in [0.1, 0.15) is 17.2 Å². The molecule has 1 aromatic carbocycles. The molecule has 20 heavy (non-hydrogen) atoms. The van der Waals surface area contributed by atoms with E-state index in [-0.39, 0.29) is 6.79 Å². The number of fused-ring (bicyclic) bond motifs is 2. The van der Waals surface area contributed by atoms with Gasteiger partial charge in [0.2, 0.25) is 6.79 Å². The first kappa shape index (κ1) is 11.2. The van der Waals surface area contributed by atoms with E-state index < -0.39 is 0 Å². The highest BCUT2D eigenvalue weighted by Gasteiger charge is 2.17. The maximum Gasteiger partial charge on any atom is 0.231 e. The van der Waals surface area contributed by atoms with Crippen LogP contribution in [-0.2, 0) is 0 Å². The lowest BCUT2D eigenvalue weighted by Crippen LogP contribution is -1.94. The molecule has 3 heterocycles. The third-order valence-electron chi connectivity index (χ3n) is 3.46. The number of nitrogens with two attached hydrogens (primary N) is 1. The zero-order valence-corrected chi connectivity index (χ0v) is 11.0. The van der Waals surface area contributed by atoms with Gasteiger partial charge in [-0.3, -0.25) is 4.40 Å². The SMILES string of the molecule is Cc1ccn2c(N)c(-c3ccc4c(c3)OCO4)nc2c1. The molecule has 5 nitrogen and oxygen atoms in total. The molecule has 0 saturated carbocycles. The summed E-state index contributed by atoms with van der Waals surface area (Å²) in [6.07, 6.45) is 1.93. The number of ether oxygens (including phenoxy) is 2. The smallest absolute Gasteiger partial charge is 0.231 e. The second-order valence-corrected chi connectivity index (χ2v) is 4.85. The molecule has 0 aliphatic carbocycles. The molecular weight excluding hydrogens is 254 g/mol. The Morgan fingerprint density at radius 3 is 2.90 bits per heavy atom. The second kappa shape index (κ2) is 3.90. The molecule has 100 valence electrons. The molecule has 0 saturated heterocycles. The van der Waals surface area contributed by atoms with Crippen molar-refractivity contribution in [3.8, 4) is 22.8 Å². The van der Waals surface area contributed by atoms with Crippen LogP contribution in [0.2, 0.25) is 0 Å². The van der Waals surface area contributed by atoms with Crippen molar-refractivity contribution in [1.29, 1.82) is 0 Å². The normalized spacial score (nSPS) is 13.1. The number of benzene rings is 1. The summed E-state index contributed by atoms with van der Waals surface area (Å²) in [6, 6.07) is 9.75. The Morgan fingerprint density at radius 2 is 2.00 bits per heavy atom. The fraction of sp³-hybridized carbons (Fsp3) is 0.133. The molecule has 3 aromatic rings. The molecule has 0 bridgehead atoms. The molecule has 1 aliphatic heterocycles. The predicted octanol–water partition coefficient (Wildman–Crippen LogP) is 2.62. The van der Waals surface area contributed by atoms with Gasteiger partial charge >= 0.3 is 0 Å². The number of anilines is 1. The molecule has 0 atom stereocenters. The largest absolute Gasteiger partial charge is 0.454 e. The first-order valence-electron chi connectivity index (χ1n) is 6.36. The maximum atomic E-state index is 6.19. The molecule has 4 rings (SSSR count). The summed E-state index contributed by atoms with van der Waals surface area (Å²) >= 11 is 0. The minimum atomic E-state index is 0.263. The monoisotopic (exact) mass is 267 g/mol. The second-order valence-electron chi connectivity index (χ2n) is 4.85.